The van der Waals surface area contributed by atoms with Gasteiger partial charge < -0.3 is 35.6 Å². The summed E-state index contributed by atoms with van der Waals surface area (Å²) in [7, 11) is 2.64. The summed E-state index contributed by atoms with van der Waals surface area (Å²) < 4.78 is 9.24. The Morgan fingerprint density at radius 1 is 0.795 bits per heavy atom. The van der Waals surface area contributed by atoms with Crippen LogP contribution in [0.25, 0.3) is 21.8 Å². The maximum atomic E-state index is 11.8. The Bertz CT molecular complexity index is 1440. The van der Waals surface area contributed by atoms with Crippen LogP contribution in [0, 0.1) is 0 Å². The topological polar surface area (TPSA) is 177 Å². The number of nitrogens with two attached hydrogens (primary N) is 1. The molecule has 11 nitrogen and oxygen atoms in total. The van der Waals surface area contributed by atoms with Crippen LogP contribution in [0.15, 0.2) is 48.5 Å². The van der Waals surface area contributed by atoms with E-state index in [2.05, 4.69) is 31.7 Å². The summed E-state index contributed by atoms with van der Waals surface area (Å²) in [6.07, 6.45) is 1.98. The van der Waals surface area contributed by atoms with Crippen LogP contribution >= 0.6 is 0 Å². The van der Waals surface area contributed by atoms with Crippen LogP contribution in [0.5, 0.6) is 0 Å². The molecule has 2 aromatic carbocycles. The Labute approximate surface area is 225 Å². The number of methoxy groups -OCH3 is 2. The van der Waals surface area contributed by atoms with Gasteiger partial charge in [-0.25, -0.2) is 14.4 Å². The lowest BCUT2D eigenvalue weighted by atomic mass is 10.1. The van der Waals surface area contributed by atoms with Gasteiger partial charge in [0.1, 0.15) is 11.4 Å². The van der Waals surface area contributed by atoms with Crippen LogP contribution in [0.2, 0.25) is 0 Å². The summed E-state index contributed by atoms with van der Waals surface area (Å²) in [4.78, 5) is 51.0. The van der Waals surface area contributed by atoms with Crippen molar-refractivity contribution in [1.29, 1.82) is 0 Å². The Hall–Kier alpha value is -4.64. The number of rotatable bonds is 7. The van der Waals surface area contributed by atoms with E-state index in [0.29, 0.717) is 34.3 Å². The molecule has 11 heteroatoms. The van der Waals surface area contributed by atoms with E-state index in [1.165, 1.54) is 20.3 Å². The molecule has 0 fully saturated rings. The number of carbonyl (C=O) groups excluding carboxylic acids is 3. The van der Waals surface area contributed by atoms with Crippen molar-refractivity contribution in [2.45, 2.75) is 26.7 Å². The third kappa shape index (κ3) is 8.44. The maximum absolute atomic E-state index is 11.8. The first-order valence-electron chi connectivity index (χ1n) is 12.3. The molecular weight excluding hydrogens is 504 g/mol. The highest BCUT2D eigenvalue weighted by molar-refractivity contribution is 6.00. The fraction of sp³-hybridized carbons (Fsp3) is 0.286. The van der Waals surface area contributed by atoms with E-state index in [9.17, 15) is 19.2 Å². The van der Waals surface area contributed by atoms with Crippen molar-refractivity contribution < 1.29 is 33.8 Å². The van der Waals surface area contributed by atoms with Crippen LogP contribution in [0.3, 0.4) is 0 Å². The number of esters is 2. The molecule has 4 rings (SSSR count). The number of nitrogens with one attached hydrogen (secondary N) is 3. The third-order valence-electron chi connectivity index (χ3n) is 5.38. The van der Waals surface area contributed by atoms with Crippen LogP contribution in [-0.4, -0.2) is 66.2 Å². The summed E-state index contributed by atoms with van der Waals surface area (Å²) >= 11 is 0. The molecule has 0 saturated carbocycles. The molecule has 208 valence electrons. The molecule has 0 aliphatic rings. The summed E-state index contributed by atoms with van der Waals surface area (Å²) in [6, 6.07) is 13.1. The zero-order valence-electron chi connectivity index (χ0n) is 22.4. The fourth-order valence-electron chi connectivity index (χ4n) is 3.33. The Morgan fingerprint density at radius 2 is 1.26 bits per heavy atom. The molecule has 0 saturated heterocycles. The van der Waals surface area contributed by atoms with Crippen LogP contribution < -0.4 is 11.1 Å². The van der Waals surface area contributed by atoms with Gasteiger partial charge in [0.15, 0.2) is 0 Å². The highest BCUT2D eigenvalue weighted by Crippen LogP contribution is 2.19. The van der Waals surface area contributed by atoms with Gasteiger partial charge in [-0.1, -0.05) is 13.8 Å². The lowest BCUT2D eigenvalue weighted by molar-refractivity contribution is 0.0592. The number of fused-ring (bicyclic) bond motifs is 2. The number of ether oxygens (including phenoxy) is 2. The number of aromatic nitrogens is 2. The van der Waals surface area contributed by atoms with Crippen molar-refractivity contribution in [3.8, 4) is 0 Å². The van der Waals surface area contributed by atoms with Crippen molar-refractivity contribution >= 4 is 45.6 Å². The number of carboxylic acid groups (broad SMARTS) is 1. The molecule has 2 aromatic heterocycles. The number of benzene rings is 2. The van der Waals surface area contributed by atoms with E-state index in [0.717, 1.165) is 30.3 Å². The molecule has 0 bridgehead atoms. The lowest BCUT2D eigenvalue weighted by Crippen LogP contribution is -2.24. The monoisotopic (exact) mass is 538 g/mol. The van der Waals surface area contributed by atoms with Gasteiger partial charge in [-0.3, -0.25) is 4.79 Å². The average Bonchev–Trinajstić information content (AvgIpc) is 3.59. The molecule has 6 N–H and O–H groups in total. The number of aromatic carboxylic acids is 1. The number of H-pyrrole nitrogens is 2. The molecule has 2 heterocycles. The molecule has 1 amide bonds. The van der Waals surface area contributed by atoms with Gasteiger partial charge in [-0.2, -0.15) is 0 Å². The lowest BCUT2D eigenvalue weighted by Gasteiger charge is -1.99. The van der Waals surface area contributed by atoms with Gasteiger partial charge in [0.2, 0.25) is 0 Å². The van der Waals surface area contributed by atoms with E-state index in [-0.39, 0.29) is 17.6 Å². The van der Waals surface area contributed by atoms with Gasteiger partial charge >= 0.3 is 17.9 Å². The molecule has 0 spiro atoms. The largest absolute Gasteiger partial charge is 0.477 e. The van der Waals surface area contributed by atoms with Crippen molar-refractivity contribution in [3.05, 3.63) is 71.0 Å². The molecule has 0 unspecified atom stereocenters. The third-order valence-corrected chi connectivity index (χ3v) is 5.38. The van der Waals surface area contributed by atoms with Crippen LogP contribution in [-0.2, 0) is 9.47 Å². The Kier molecular flexibility index (Phi) is 11.7. The minimum Gasteiger partial charge on any atom is -0.477 e. The normalized spacial score (nSPS) is 10.1. The summed E-state index contributed by atoms with van der Waals surface area (Å²) in [5, 5.41) is 13.1. The van der Waals surface area contributed by atoms with E-state index < -0.39 is 11.9 Å². The molecule has 39 heavy (non-hydrogen) atoms. The zero-order valence-corrected chi connectivity index (χ0v) is 22.4. The van der Waals surface area contributed by atoms with Gasteiger partial charge in [0.05, 0.1) is 25.3 Å². The van der Waals surface area contributed by atoms with E-state index in [1.807, 2.05) is 6.92 Å². The number of carboxylic acids is 1. The predicted octanol–water partition coefficient (Wildman–Crippen LogP) is 4.10. The zero-order chi connectivity index (χ0) is 28.9. The van der Waals surface area contributed by atoms with Crippen molar-refractivity contribution in [2.75, 3.05) is 27.3 Å². The second-order valence-corrected chi connectivity index (χ2v) is 8.30. The number of amides is 1. The molecule has 0 radical (unpaired) electrons. The number of aromatic amines is 2. The standard InChI is InChI=1S/C14H16N2O3.C11H9NO4.C3H9N/c1-3-6-15-13(17)12-8-10-7-9(14(18)19-2)4-5-11(10)16-12;1-16-11(15)6-2-3-8-7(4-6)5-9(12-8)10(13)14;1-2-3-4/h4-5,7-8,16H,3,6H2,1-2H3,(H,15,17);2-5,12H,1H3,(H,13,14);2-4H2,1H3. The van der Waals surface area contributed by atoms with Crippen molar-refractivity contribution in [3.63, 3.8) is 0 Å². The maximum Gasteiger partial charge on any atom is 0.352 e. The van der Waals surface area contributed by atoms with E-state index >= 15 is 0 Å². The first-order chi connectivity index (χ1) is 18.7. The summed E-state index contributed by atoms with van der Waals surface area (Å²) in [5.41, 5.74) is 7.96. The van der Waals surface area contributed by atoms with E-state index in [1.54, 1.807) is 42.5 Å². The molecule has 4 aromatic rings. The average molecular weight is 539 g/mol. The van der Waals surface area contributed by atoms with Gasteiger partial charge in [-0.05, 0) is 67.9 Å². The Balaban J connectivity index is 0.000000243. The number of carbonyl (C=O) groups is 4. The van der Waals surface area contributed by atoms with E-state index in [4.69, 9.17) is 10.8 Å². The summed E-state index contributed by atoms with van der Waals surface area (Å²) in [5.74, 6) is -2.01. The minimum absolute atomic E-state index is 0.0945. The molecule has 0 atom stereocenters. The SMILES string of the molecule is CCCN.CCCNC(=O)c1cc2cc(C(=O)OC)ccc2[nH]1.COC(=O)c1ccc2[nH]c(C(=O)O)cc2c1. The molecule has 0 aliphatic carbocycles. The number of hydrogen-bond donors (Lipinski definition) is 5. The first kappa shape index (κ1) is 30.6. The predicted molar refractivity (Wildman–Crippen MR) is 148 cm³/mol. The molecular formula is C28H34N4O7. The van der Waals surface area contributed by atoms with Gasteiger partial charge in [-0.15, -0.1) is 0 Å². The smallest absolute Gasteiger partial charge is 0.352 e. The first-order valence-corrected chi connectivity index (χ1v) is 12.3. The minimum atomic E-state index is -1.03. The number of hydrogen-bond acceptors (Lipinski definition) is 7. The highest BCUT2D eigenvalue weighted by Gasteiger charge is 2.12. The van der Waals surface area contributed by atoms with Gasteiger partial charge in [0.25, 0.3) is 5.91 Å². The summed E-state index contributed by atoms with van der Waals surface area (Å²) in [6.45, 7) is 5.51. The second-order valence-electron chi connectivity index (χ2n) is 8.30. The molecule has 0 aliphatic heterocycles. The fourth-order valence-corrected chi connectivity index (χ4v) is 3.33. The highest BCUT2D eigenvalue weighted by atomic mass is 16.5. The van der Waals surface area contributed by atoms with Crippen LogP contribution in [0.4, 0.5) is 0 Å². The Morgan fingerprint density at radius 3 is 1.67 bits per heavy atom. The van der Waals surface area contributed by atoms with Crippen molar-refractivity contribution in [2.24, 2.45) is 5.73 Å². The van der Waals surface area contributed by atoms with Gasteiger partial charge in [0, 0.05) is 28.4 Å². The van der Waals surface area contributed by atoms with Crippen LogP contribution in [0.1, 0.15) is 68.4 Å². The van der Waals surface area contributed by atoms with Crippen molar-refractivity contribution in [1.82, 2.24) is 15.3 Å². The second kappa shape index (κ2) is 14.9. The quantitative estimate of drug-likeness (QED) is 0.218.